The molecule has 4 rings (SSSR count). The van der Waals surface area contributed by atoms with Gasteiger partial charge in [0.05, 0.1) is 13.2 Å². The maximum Gasteiger partial charge on any atom is 0.440 e. The lowest BCUT2D eigenvalue weighted by Crippen LogP contribution is -2.29. The number of rotatable bonds is 12. The molecule has 1 amide bonds. The van der Waals surface area contributed by atoms with Crippen LogP contribution in [-0.4, -0.2) is 28.8 Å². The van der Waals surface area contributed by atoms with Crippen molar-refractivity contribution < 1.29 is 18.8 Å². The fourth-order valence-corrected chi connectivity index (χ4v) is 4.66. The van der Waals surface area contributed by atoms with Gasteiger partial charge in [0.15, 0.2) is 0 Å². The Morgan fingerprint density at radius 2 is 1.68 bits per heavy atom. The highest BCUT2D eigenvalue weighted by Gasteiger charge is 2.14. The van der Waals surface area contributed by atoms with Crippen LogP contribution in [0, 0.1) is 26.7 Å². The van der Waals surface area contributed by atoms with E-state index in [0.717, 1.165) is 50.3 Å². The Hall–Kier alpha value is -4.53. The summed E-state index contributed by atoms with van der Waals surface area (Å²) in [7, 11) is 0. The Morgan fingerprint density at radius 3 is 2.32 bits per heavy atom. The number of ether oxygens (including phenoxy) is 2. The molecular formula is C32H37N3O6. The molecule has 9 nitrogen and oxygen atoms in total. The van der Waals surface area contributed by atoms with Gasteiger partial charge in [0, 0.05) is 12.5 Å². The van der Waals surface area contributed by atoms with Crippen molar-refractivity contribution >= 4 is 5.91 Å². The molecule has 3 aromatic carbocycles. The van der Waals surface area contributed by atoms with Gasteiger partial charge in [-0.25, -0.2) is 14.6 Å². The van der Waals surface area contributed by atoms with Gasteiger partial charge >= 0.3 is 11.4 Å². The molecule has 216 valence electrons. The number of H-pyrrole nitrogens is 1. The van der Waals surface area contributed by atoms with E-state index in [2.05, 4.69) is 55.3 Å². The van der Waals surface area contributed by atoms with Gasteiger partial charge in [0.2, 0.25) is 5.91 Å². The second-order valence-electron chi connectivity index (χ2n) is 10.4. The number of nitrogens with one attached hydrogen (secondary N) is 2. The largest absolute Gasteiger partial charge is 0.494 e. The molecular weight excluding hydrogens is 522 g/mol. The minimum Gasteiger partial charge on any atom is -0.494 e. The Balaban J connectivity index is 1.38. The van der Waals surface area contributed by atoms with Crippen LogP contribution in [0.1, 0.15) is 48.1 Å². The summed E-state index contributed by atoms with van der Waals surface area (Å²) in [6.45, 7) is 11.7. The van der Waals surface area contributed by atoms with Gasteiger partial charge in [-0.3, -0.25) is 4.79 Å². The summed E-state index contributed by atoms with van der Waals surface area (Å²) >= 11 is 0. The molecule has 0 bridgehead atoms. The Bertz CT molecular complexity index is 1590. The lowest BCUT2D eigenvalue weighted by Gasteiger charge is -2.18. The van der Waals surface area contributed by atoms with E-state index in [-0.39, 0.29) is 18.4 Å². The van der Waals surface area contributed by atoms with Crippen LogP contribution in [0.3, 0.4) is 0 Å². The first-order valence-electron chi connectivity index (χ1n) is 13.7. The van der Waals surface area contributed by atoms with E-state index in [1.54, 1.807) is 0 Å². The summed E-state index contributed by atoms with van der Waals surface area (Å²) in [6.07, 6.45) is 0.743. The van der Waals surface area contributed by atoms with Crippen molar-refractivity contribution in [3.8, 4) is 22.6 Å². The molecule has 0 saturated carbocycles. The highest BCUT2D eigenvalue weighted by atomic mass is 16.5. The first kappa shape index (κ1) is 29.5. The lowest BCUT2D eigenvalue weighted by molar-refractivity contribution is -0.123. The Kier molecular flexibility index (Phi) is 9.49. The van der Waals surface area contributed by atoms with Crippen LogP contribution in [0.5, 0.6) is 11.5 Å². The first-order chi connectivity index (χ1) is 19.6. The number of amides is 1. The summed E-state index contributed by atoms with van der Waals surface area (Å²) in [6, 6.07) is 17.7. The van der Waals surface area contributed by atoms with Gasteiger partial charge < -0.3 is 19.3 Å². The lowest BCUT2D eigenvalue weighted by atomic mass is 9.90. The van der Waals surface area contributed by atoms with Gasteiger partial charge in [-0.2, -0.15) is 0 Å². The van der Waals surface area contributed by atoms with Gasteiger partial charge in [-0.05, 0) is 90.4 Å². The SMILES string of the molecule is Cc1cc(OCCCNC(=O)C(C)C)cc(C)c1-c1cccc(COc2ccc(Cn3oc(=O)[nH]c3=O)cc2)c1C. The monoisotopic (exact) mass is 559 g/mol. The zero-order valence-corrected chi connectivity index (χ0v) is 24.2. The first-order valence-corrected chi connectivity index (χ1v) is 13.7. The number of carbonyl (C=O) groups excluding carboxylic acids is 1. The molecule has 0 aliphatic carbocycles. The molecule has 0 spiro atoms. The second kappa shape index (κ2) is 13.2. The molecule has 2 N–H and O–H groups in total. The van der Waals surface area contributed by atoms with Gasteiger partial charge in [-0.15, -0.1) is 4.74 Å². The normalized spacial score (nSPS) is 11.1. The quantitative estimate of drug-likeness (QED) is 0.239. The summed E-state index contributed by atoms with van der Waals surface area (Å²) in [5.41, 5.74) is 7.03. The third-order valence-electron chi connectivity index (χ3n) is 6.91. The van der Waals surface area contributed by atoms with Gasteiger partial charge in [0.1, 0.15) is 18.1 Å². The molecule has 0 atom stereocenters. The predicted octanol–water partition coefficient (Wildman–Crippen LogP) is 4.89. The van der Waals surface area contributed by atoms with E-state index in [9.17, 15) is 14.4 Å². The van der Waals surface area contributed by atoms with Crippen LogP contribution in [0.4, 0.5) is 0 Å². The van der Waals surface area contributed by atoms with Crippen molar-refractivity contribution in [1.82, 2.24) is 15.0 Å². The van der Waals surface area contributed by atoms with Crippen LogP contribution in [0.15, 0.2) is 68.7 Å². The van der Waals surface area contributed by atoms with Crippen LogP contribution in [-0.2, 0) is 17.9 Å². The summed E-state index contributed by atoms with van der Waals surface area (Å²) in [4.78, 5) is 36.6. The molecule has 41 heavy (non-hydrogen) atoms. The third kappa shape index (κ3) is 7.57. The van der Waals surface area contributed by atoms with E-state index in [4.69, 9.17) is 14.0 Å². The summed E-state index contributed by atoms with van der Waals surface area (Å²) in [5.74, 6) is 0.780. The molecule has 1 aromatic heterocycles. The fraction of sp³-hybridized carbons (Fsp3) is 0.344. The molecule has 0 aliphatic rings. The highest BCUT2D eigenvalue weighted by molar-refractivity contribution is 5.77. The van der Waals surface area contributed by atoms with Crippen LogP contribution < -0.4 is 26.2 Å². The van der Waals surface area contributed by atoms with Gasteiger partial charge in [-0.1, -0.05) is 44.2 Å². The molecule has 1 heterocycles. The zero-order chi connectivity index (χ0) is 29.5. The van der Waals surface area contributed by atoms with Crippen molar-refractivity contribution in [2.75, 3.05) is 13.2 Å². The average Bonchev–Trinajstić information content (AvgIpc) is 3.24. The van der Waals surface area contributed by atoms with E-state index in [1.807, 2.05) is 44.2 Å². The van der Waals surface area contributed by atoms with Crippen molar-refractivity contribution in [3.63, 3.8) is 0 Å². The Morgan fingerprint density at radius 1 is 0.976 bits per heavy atom. The number of aromatic amines is 1. The molecule has 0 fully saturated rings. The number of hydrogen-bond donors (Lipinski definition) is 2. The number of hydrogen-bond acceptors (Lipinski definition) is 6. The Labute approximate surface area is 239 Å². The van der Waals surface area contributed by atoms with Crippen LogP contribution in [0.25, 0.3) is 11.1 Å². The highest BCUT2D eigenvalue weighted by Crippen LogP contribution is 2.34. The van der Waals surface area contributed by atoms with Crippen molar-refractivity contribution in [3.05, 3.63) is 103 Å². The van der Waals surface area contributed by atoms with Crippen LogP contribution in [0.2, 0.25) is 0 Å². The van der Waals surface area contributed by atoms with E-state index < -0.39 is 11.4 Å². The fourth-order valence-electron chi connectivity index (χ4n) is 4.66. The maximum absolute atomic E-state index is 11.7. The number of aromatic nitrogens is 2. The number of benzene rings is 3. The minimum atomic E-state index is -0.775. The number of carbonyl (C=O) groups is 1. The maximum atomic E-state index is 11.7. The summed E-state index contributed by atoms with van der Waals surface area (Å²) in [5, 5.41) is 2.91. The van der Waals surface area contributed by atoms with Crippen molar-refractivity contribution in [1.29, 1.82) is 0 Å². The molecule has 4 aromatic rings. The van der Waals surface area contributed by atoms with Crippen molar-refractivity contribution in [2.24, 2.45) is 5.92 Å². The topological polar surface area (TPSA) is 116 Å². The number of nitrogens with zero attached hydrogens (tertiary/aromatic N) is 1. The number of aryl methyl sites for hydroxylation is 2. The van der Waals surface area contributed by atoms with Crippen molar-refractivity contribution in [2.45, 2.75) is 54.2 Å². The standard InChI is InChI=1S/C32H37N3O6/c1-20(2)30(36)33-14-7-15-39-27-16-21(3)29(22(4)17-27)28-9-6-8-25(23(28)5)19-40-26-12-10-24(11-13-26)18-35-31(37)34-32(38)41-35/h6,8-13,16-17,20H,7,14-15,18-19H2,1-5H3,(H,33,36)(H,34,37,38). The molecule has 0 aliphatic heterocycles. The minimum absolute atomic E-state index is 0.0173. The average molecular weight is 560 g/mol. The molecule has 0 saturated heterocycles. The predicted molar refractivity (Wildman–Crippen MR) is 158 cm³/mol. The smallest absolute Gasteiger partial charge is 0.440 e. The van der Waals surface area contributed by atoms with E-state index in [0.29, 0.717) is 25.5 Å². The van der Waals surface area contributed by atoms with E-state index in [1.165, 1.54) is 5.56 Å². The molecule has 9 heteroatoms. The zero-order valence-electron chi connectivity index (χ0n) is 24.2. The van der Waals surface area contributed by atoms with E-state index >= 15 is 0 Å². The van der Waals surface area contributed by atoms with Gasteiger partial charge in [0.25, 0.3) is 0 Å². The molecule has 0 radical (unpaired) electrons. The van der Waals surface area contributed by atoms with Crippen LogP contribution >= 0.6 is 0 Å². The molecule has 0 unspecified atom stereocenters. The third-order valence-corrected chi connectivity index (χ3v) is 6.91. The second-order valence-corrected chi connectivity index (χ2v) is 10.4. The summed E-state index contributed by atoms with van der Waals surface area (Å²) < 4.78 is 17.9.